The topological polar surface area (TPSA) is 78.2 Å². The molecule has 0 aromatic heterocycles. The molecule has 0 radical (unpaired) electrons. The number of hydrogen-bond acceptors (Lipinski definition) is 3. The van der Waals surface area contributed by atoms with Crippen LogP contribution in [0.5, 0.6) is 0 Å². The van der Waals surface area contributed by atoms with Crippen molar-refractivity contribution in [3.63, 3.8) is 0 Å². The number of aryl methyl sites for hydroxylation is 1. The van der Waals surface area contributed by atoms with Gasteiger partial charge in [-0.2, -0.15) is 5.26 Å². The van der Waals surface area contributed by atoms with Gasteiger partial charge in [0.25, 0.3) is 0 Å². The van der Waals surface area contributed by atoms with Gasteiger partial charge in [0, 0.05) is 5.56 Å². The summed E-state index contributed by atoms with van der Waals surface area (Å²) in [6, 6.07) is 5.03. The summed E-state index contributed by atoms with van der Waals surface area (Å²) in [7, 11) is 0. The number of nitrogens with zero attached hydrogens (tertiary/aromatic N) is 1. The lowest BCUT2D eigenvalue weighted by Crippen LogP contribution is -2.05. The van der Waals surface area contributed by atoms with Crippen LogP contribution in [-0.4, -0.2) is 17.4 Å². The Hall–Kier alpha value is -2.15. The first-order chi connectivity index (χ1) is 7.08. The van der Waals surface area contributed by atoms with Gasteiger partial charge in [-0.1, -0.05) is 11.6 Å². The highest BCUT2D eigenvalue weighted by Gasteiger charge is 2.11. The van der Waals surface area contributed by atoms with Crippen molar-refractivity contribution in [3.8, 4) is 6.07 Å². The van der Waals surface area contributed by atoms with Gasteiger partial charge < -0.3 is 5.11 Å². The largest absolute Gasteiger partial charge is 0.481 e. The number of carbonyl (C=O) groups excluding carboxylic acids is 1. The highest BCUT2D eigenvalue weighted by atomic mass is 16.4. The molecule has 4 heteroatoms. The lowest BCUT2D eigenvalue weighted by atomic mass is 9.97. The second-order valence-corrected chi connectivity index (χ2v) is 3.19. The minimum atomic E-state index is -1.02. The van der Waals surface area contributed by atoms with E-state index in [-0.39, 0.29) is 17.5 Å². The molecule has 76 valence electrons. The average Bonchev–Trinajstić information content (AvgIpc) is 2.15. The number of aliphatic carboxylic acids is 1. The first-order valence-corrected chi connectivity index (χ1v) is 4.29. The van der Waals surface area contributed by atoms with Crippen molar-refractivity contribution in [2.75, 3.05) is 0 Å². The summed E-state index contributed by atoms with van der Waals surface area (Å²) in [6.07, 6.45) is 0.322. The molecule has 0 saturated heterocycles. The van der Waals surface area contributed by atoms with Gasteiger partial charge in [-0.25, -0.2) is 0 Å². The predicted octanol–water partition coefficient (Wildman–Crippen LogP) is 1.31. The van der Waals surface area contributed by atoms with Crippen LogP contribution in [0, 0.1) is 18.3 Å². The fraction of sp³-hybridized carbons (Fsp3) is 0.182. The fourth-order valence-corrected chi connectivity index (χ4v) is 1.42. The van der Waals surface area contributed by atoms with E-state index < -0.39 is 5.97 Å². The Morgan fingerprint density at radius 2 is 2.27 bits per heavy atom. The molecule has 0 aliphatic heterocycles. The van der Waals surface area contributed by atoms with E-state index in [1.165, 1.54) is 0 Å². The van der Waals surface area contributed by atoms with Crippen LogP contribution >= 0.6 is 0 Å². The number of aldehydes is 1. The van der Waals surface area contributed by atoms with Crippen molar-refractivity contribution in [2.45, 2.75) is 13.3 Å². The zero-order valence-corrected chi connectivity index (χ0v) is 8.15. The summed E-state index contributed by atoms with van der Waals surface area (Å²) in [5, 5.41) is 17.5. The van der Waals surface area contributed by atoms with Crippen molar-refractivity contribution < 1.29 is 14.7 Å². The molecule has 15 heavy (non-hydrogen) atoms. The van der Waals surface area contributed by atoms with E-state index in [0.717, 1.165) is 5.56 Å². The molecular weight excluding hydrogens is 194 g/mol. The maximum Gasteiger partial charge on any atom is 0.307 e. The molecule has 0 heterocycles. The van der Waals surface area contributed by atoms with Crippen LogP contribution in [-0.2, 0) is 11.2 Å². The molecule has 1 N–H and O–H groups in total. The van der Waals surface area contributed by atoms with Gasteiger partial charge in [-0.15, -0.1) is 0 Å². The van der Waals surface area contributed by atoms with E-state index in [2.05, 4.69) is 0 Å². The fourth-order valence-electron chi connectivity index (χ4n) is 1.42. The summed E-state index contributed by atoms with van der Waals surface area (Å²) in [5.74, 6) is -1.02. The molecule has 0 bridgehead atoms. The second kappa shape index (κ2) is 4.38. The second-order valence-electron chi connectivity index (χ2n) is 3.19. The molecule has 0 fully saturated rings. The minimum absolute atomic E-state index is 0.151. The lowest BCUT2D eigenvalue weighted by molar-refractivity contribution is -0.136. The number of rotatable bonds is 3. The minimum Gasteiger partial charge on any atom is -0.481 e. The van der Waals surface area contributed by atoms with Crippen molar-refractivity contribution in [1.82, 2.24) is 0 Å². The average molecular weight is 203 g/mol. The zero-order chi connectivity index (χ0) is 11.4. The van der Waals surface area contributed by atoms with Gasteiger partial charge in [0.05, 0.1) is 12.0 Å². The Morgan fingerprint density at radius 1 is 1.60 bits per heavy atom. The third-order valence-electron chi connectivity index (χ3n) is 1.98. The number of hydrogen-bond donors (Lipinski definition) is 1. The summed E-state index contributed by atoms with van der Waals surface area (Å²) in [6.45, 7) is 1.75. The van der Waals surface area contributed by atoms with Crippen LogP contribution in [0.3, 0.4) is 0 Å². The Bertz CT molecular complexity index is 458. The highest BCUT2D eigenvalue weighted by molar-refractivity contribution is 5.82. The first-order valence-electron chi connectivity index (χ1n) is 4.29. The first kappa shape index (κ1) is 10.9. The third kappa shape index (κ3) is 2.41. The van der Waals surface area contributed by atoms with Crippen molar-refractivity contribution >= 4 is 12.3 Å². The molecular formula is C11H9NO3. The summed E-state index contributed by atoms with van der Waals surface area (Å²) in [4.78, 5) is 21.2. The predicted molar refractivity (Wildman–Crippen MR) is 52.6 cm³/mol. The molecule has 0 atom stereocenters. The molecule has 0 unspecified atom stereocenters. The van der Waals surface area contributed by atoms with Crippen LogP contribution in [0.4, 0.5) is 0 Å². The van der Waals surface area contributed by atoms with E-state index in [9.17, 15) is 9.59 Å². The van der Waals surface area contributed by atoms with Gasteiger partial charge in [0.1, 0.15) is 6.07 Å². The number of carboxylic acids is 1. The van der Waals surface area contributed by atoms with Crippen molar-refractivity contribution in [3.05, 3.63) is 34.4 Å². The molecule has 0 saturated carbocycles. The van der Waals surface area contributed by atoms with E-state index in [4.69, 9.17) is 10.4 Å². The standard InChI is InChI=1S/C11H9NO3/c1-7-2-8(4-11(14)15)10(5-12)9(3-7)6-13/h2-3,6H,4H2,1H3,(H,14,15). The van der Waals surface area contributed by atoms with E-state index in [1.54, 1.807) is 19.1 Å². The molecule has 0 aliphatic rings. The van der Waals surface area contributed by atoms with Gasteiger partial charge in [0.15, 0.2) is 6.29 Å². The van der Waals surface area contributed by atoms with E-state index in [0.29, 0.717) is 11.8 Å². The number of benzene rings is 1. The molecule has 0 aliphatic carbocycles. The van der Waals surface area contributed by atoms with Gasteiger partial charge in [-0.05, 0) is 18.6 Å². The Kier molecular flexibility index (Phi) is 3.19. The maximum absolute atomic E-state index is 10.7. The Balaban J connectivity index is 3.36. The normalized spacial score (nSPS) is 9.33. The molecule has 1 aromatic rings. The SMILES string of the molecule is Cc1cc(C=O)c(C#N)c(CC(=O)O)c1. The van der Waals surface area contributed by atoms with Gasteiger partial charge in [0.2, 0.25) is 0 Å². The smallest absolute Gasteiger partial charge is 0.307 e. The van der Waals surface area contributed by atoms with Crippen LogP contribution in [0.2, 0.25) is 0 Å². The number of carbonyl (C=O) groups is 2. The zero-order valence-electron chi connectivity index (χ0n) is 8.15. The van der Waals surface area contributed by atoms with Gasteiger partial charge in [-0.3, -0.25) is 9.59 Å². The third-order valence-corrected chi connectivity index (χ3v) is 1.98. The molecule has 0 amide bonds. The maximum atomic E-state index is 10.7. The van der Waals surface area contributed by atoms with Gasteiger partial charge >= 0.3 is 5.97 Å². The monoisotopic (exact) mass is 203 g/mol. The lowest BCUT2D eigenvalue weighted by Gasteiger charge is -2.05. The Labute approximate surface area is 86.8 Å². The molecule has 1 rings (SSSR count). The highest BCUT2D eigenvalue weighted by Crippen LogP contribution is 2.16. The van der Waals surface area contributed by atoms with Crippen molar-refractivity contribution in [1.29, 1.82) is 5.26 Å². The number of nitriles is 1. The number of carboxylic acid groups (broad SMARTS) is 1. The quantitative estimate of drug-likeness (QED) is 0.751. The van der Waals surface area contributed by atoms with Crippen LogP contribution in [0.1, 0.15) is 27.0 Å². The summed E-state index contributed by atoms with van der Waals surface area (Å²) < 4.78 is 0. The van der Waals surface area contributed by atoms with E-state index >= 15 is 0 Å². The van der Waals surface area contributed by atoms with Crippen LogP contribution < -0.4 is 0 Å². The summed E-state index contributed by atoms with van der Waals surface area (Å²) >= 11 is 0. The van der Waals surface area contributed by atoms with Crippen molar-refractivity contribution in [2.24, 2.45) is 0 Å². The Morgan fingerprint density at radius 3 is 2.73 bits per heavy atom. The summed E-state index contributed by atoms with van der Waals surface area (Å²) in [5.41, 5.74) is 1.55. The molecule has 0 spiro atoms. The molecule has 4 nitrogen and oxygen atoms in total. The molecule has 1 aromatic carbocycles. The van der Waals surface area contributed by atoms with Crippen LogP contribution in [0.25, 0.3) is 0 Å². The van der Waals surface area contributed by atoms with Crippen LogP contribution in [0.15, 0.2) is 12.1 Å². The van der Waals surface area contributed by atoms with E-state index in [1.807, 2.05) is 6.07 Å².